The Balaban J connectivity index is 1.13. The average Bonchev–Trinajstić information content (AvgIpc) is 3.70. The second-order valence-electron chi connectivity index (χ2n) is 14.8. The van der Waals surface area contributed by atoms with Crippen LogP contribution in [-0.4, -0.2) is 0 Å². The molecule has 11 aromatic rings. The predicted octanol–water partition coefficient (Wildman–Crippen LogP) is 16.0. The molecule has 0 N–H and O–H groups in total. The average molecular weight is 740 g/mol. The van der Waals surface area contributed by atoms with Gasteiger partial charge in [-0.25, -0.2) is 0 Å². The van der Waals surface area contributed by atoms with Gasteiger partial charge in [0.15, 0.2) is 0 Å². The van der Waals surface area contributed by atoms with E-state index in [1.165, 1.54) is 49.4 Å². The molecule has 0 unspecified atom stereocenters. The molecule has 1 heterocycles. The molecule has 0 fully saturated rings. The Hall–Kier alpha value is -7.68. The van der Waals surface area contributed by atoms with Crippen molar-refractivity contribution >= 4 is 60.5 Å². The van der Waals surface area contributed by atoms with Crippen molar-refractivity contribution in [2.75, 3.05) is 4.90 Å². The minimum absolute atomic E-state index is 0.867. The van der Waals surface area contributed by atoms with Crippen LogP contribution in [0.25, 0.3) is 88.0 Å². The van der Waals surface area contributed by atoms with Gasteiger partial charge < -0.3 is 9.32 Å². The second-order valence-corrected chi connectivity index (χ2v) is 14.8. The van der Waals surface area contributed by atoms with E-state index in [2.05, 4.69) is 223 Å². The molecule has 0 radical (unpaired) electrons. The van der Waals surface area contributed by atoms with Crippen molar-refractivity contribution in [2.24, 2.45) is 0 Å². The van der Waals surface area contributed by atoms with Crippen LogP contribution in [0.5, 0.6) is 0 Å². The smallest absolute Gasteiger partial charge is 0.145 e. The van der Waals surface area contributed by atoms with Gasteiger partial charge in [-0.3, -0.25) is 0 Å². The summed E-state index contributed by atoms with van der Waals surface area (Å²) in [7, 11) is 0. The van der Waals surface area contributed by atoms with Crippen molar-refractivity contribution in [3.05, 3.63) is 224 Å². The summed E-state index contributed by atoms with van der Waals surface area (Å²) in [6, 6.07) is 80.6. The molecule has 2 nitrogen and oxygen atoms in total. The molecule has 11 rings (SSSR count). The van der Waals surface area contributed by atoms with Crippen molar-refractivity contribution in [3.63, 3.8) is 0 Å². The highest BCUT2D eigenvalue weighted by Gasteiger charge is 2.23. The van der Waals surface area contributed by atoms with Gasteiger partial charge in [0.25, 0.3) is 0 Å². The van der Waals surface area contributed by atoms with Crippen molar-refractivity contribution < 1.29 is 4.42 Å². The number of furan rings is 1. The van der Waals surface area contributed by atoms with E-state index in [1.807, 2.05) is 6.07 Å². The molecule has 0 saturated carbocycles. The predicted molar refractivity (Wildman–Crippen MR) is 245 cm³/mol. The quantitative estimate of drug-likeness (QED) is 0.151. The van der Waals surface area contributed by atoms with Gasteiger partial charge in [0.2, 0.25) is 0 Å². The molecule has 0 aliphatic rings. The van der Waals surface area contributed by atoms with Crippen molar-refractivity contribution in [1.82, 2.24) is 0 Å². The summed E-state index contributed by atoms with van der Waals surface area (Å²) in [4.78, 5) is 2.40. The summed E-state index contributed by atoms with van der Waals surface area (Å²) in [5.74, 6) is 0. The molecule has 0 atom stereocenters. The number of hydrogen-bond acceptors (Lipinski definition) is 2. The van der Waals surface area contributed by atoms with Crippen LogP contribution in [0.2, 0.25) is 0 Å². The topological polar surface area (TPSA) is 16.4 Å². The van der Waals surface area contributed by atoms with Gasteiger partial charge in [0.1, 0.15) is 11.2 Å². The zero-order valence-electron chi connectivity index (χ0n) is 31.7. The first-order valence-electron chi connectivity index (χ1n) is 19.8. The second kappa shape index (κ2) is 14.1. The number of fused-ring (bicyclic) bond motifs is 6. The molecule has 58 heavy (non-hydrogen) atoms. The van der Waals surface area contributed by atoms with Gasteiger partial charge in [-0.2, -0.15) is 0 Å². The third-order valence-corrected chi connectivity index (χ3v) is 11.5. The van der Waals surface area contributed by atoms with E-state index >= 15 is 0 Å². The van der Waals surface area contributed by atoms with Crippen LogP contribution in [0.1, 0.15) is 0 Å². The molecule has 0 saturated heterocycles. The summed E-state index contributed by atoms with van der Waals surface area (Å²) >= 11 is 0. The molecule has 1 aromatic heterocycles. The van der Waals surface area contributed by atoms with E-state index in [1.54, 1.807) is 0 Å². The lowest BCUT2D eigenvalue weighted by molar-refractivity contribution is 0.670. The first kappa shape index (κ1) is 33.6. The van der Waals surface area contributed by atoms with E-state index in [-0.39, 0.29) is 0 Å². The van der Waals surface area contributed by atoms with Crippen molar-refractivity contribution in [2.45, 2.75) is 0 Å². The summed E-state index contributed by atoms with van der Waals surface area (Å²) in [6.07, 6.45) is 0. The number of benzene rings is 10. The number of hydrogen-bond donors (Lipinski definition) is 0. The van der Waals surface area contributed by atoms with E-state index < -0.39 is 0 Å². The highest BCUT2D eigenvalue weighted by Crippen LogP contribution is 2.47. The van der Waals surface area contributed by atoms with Gasteiger partial charge in [-0.05, 0) is 109 Å². The zero-order valence-corrected chi connectivity index (χ0v) is 31.7. The number of anilines is 3. The van der Waals surface area contributed by atoms with Gasteiger partial charge in [-0.1, -0.05) is 176 Å². The van der Waals surface area contributed by atoms with Gasteiger partial charge >= 0.3 is 0 Å². The normalized spacial score (nSPS) is 11.4. The molecule has 10 aromatic carbocycles. The Bertz CT molecular complexity index is 3270. The fraction of sp³-hybridized carbons (Fsp3) is 0. The lowest BCUT2D eigenvalue weighted by Gasteiger charge is -2.27. The van der Waals surface area contributed by atoms with Crippen LogP contribution in [0.15, 0.2) is 229 Å². The maximum Gasteiger partial charge on any atom is 0.145 e. The van der Waals surface area contributed by atoms with Crippen LogP contribution in [0.3, 0.4) is 0 Å². The van der Waals surface area contributed by atoms with Gasteiger partial charge in [0, 0.05) is 22.3 Å². The lowest BCUT2D eigenvalue weighted by Crippen LogP contribution is -2.10. The van der Waals surface area contributed by atoms with Crippen LogP contribution < -0.4 is 4.90 Å². The molecule has 0 amide bonds. The number of rotatable bonds is 7. The summed E-state index contributed by atoms with van der Waals surface area (Å²) in [6.45, 7) is 0. The molecule has 2 heteroatoms. The third kappa shape index (κ3) is 5.74. The van der Waals surface area contributed by atoms with E-state index in [9.17, 15) is 0 Å². The fourth-order valence-corrected chi connectivity index (χ4v) is 8.77. The number of nitrogens with zero attached hydrogens (tertiary/aromatic N) is 1. The summed E-state index contributed by atoms with van der Waals surface area (Å²) < 4.78 is 6.78. The Labute approximate surface area is 337 Å². The van der Waals surface area contributed by atoms with Crippen LogP contribution in [0.4, 0.5) is 17.1 Å². The van der Waals surface area contributed by atoms with Gasteiger partial charge in [-0.15, -0.1) is 0 Å². The zero-order chi connectivity index (χ0) is 38.4. The monoisotopic (exact) mass is 739 g/mol. The standard InChI is InChI=1S/C56H37NO/c1-3-16-38(17-4-1)45-23-9-10-24-46(45)41-21-15-22-44(36-41)57(53-35-34-48(39-18-5-2-6-19-39)56-55(53)51-28-13-14-29-54(51)58-56)43-32-30-40(31-33-43)52-37-42-20-7-8-25-47(42)49-26-11-12-27-50(49)52/h1-37H. The molecule has 272 valence electrons. The Morgan fingerprint density at radius 2 is 0.879 bits per heavy atom. The number of para-hydroxylation sites is 1. The Kier molecular flexibility index (Phi) is 8.19. The third-order valence-electron chi connectivity index (χ3n) is 11.5. The SMILES string of the molecule is c1ccc(-c2ccccc2-c2cccc(N(c3ccc(-c4cc5ccccc5c5ccccc45)cc3)c3ccc(-c4ccccc4)c4oc5ccccc5c34)c2)cc1. The lowest BCUT2D eigenvalue weighted by atomic mass is 9.93. The highest BCUT2D eigenvalue weighted by atomic mass is 16.3. The fourth-order valence-electron chi connectivity index (χ4n) is 8.77. The summed E-state index contributed by atoms with van der Waals surface area (Å²) in [5, 5.41) is 7.19. The minimum Gasteiger partial charge on any atom is -0.455 e. The van der Waals surface area contributed by atoms with E-state index in [0.29, 0.717) is 0 Å². The van der Waals surface area contributed by atoms with Gasteiger partial charge in [0.05, 0.1) is 11.1 Å². The minimum atomic E-state index is 0.867. The molecular weight excluding hydrogens is 703 g/mol. The van der Waals surface area contributed by atoms with Crippen LogP contribution in [-0.2, 0) is 0 Å². The van der Waals surface area contributed by atoms with Crippen LogP contribution >= 0.6 is 0 Å². The Morgan fingerprint density at radius 1 is 0.310 bits per heavy atom. The first-order valence-corrected chi connectivity index (χ1v) is 19.8. The van der Waals surface area contributed by atoms with Crippen LogP contribution in [0, 0.1) is 0 Å². The van der Waals surface area contributed by atoms with E-state index in [4.69, 9.17) is 4.42 Å². The first-order chi connectivity index (χ1) is 28.8. The van der Waals surface area contributed by atoms with Crippen molar-refractivity contribution in [3.8, 4) is 44.5 Å². The molecule has 0 aliphatic heterocycles. The molecular formula is C56H37NO. The maximum atomic E-state index is 6.78. The summed E-state index contributed by atoms with van der Waals surface area (Å²) in [5.41, 5.74) is 14.2. The highest BCUT2D eigenvalue weighted by molar-refractivity contribution is 6.17. The van der Waals surface area contributed by atoms with Crippen molar-refractivity contribution in [1.29, 1.82) is 0 Å². The Morgan fingerprint density at radius 3 is 1.64 bits per heavy atom. The molecule has 0 aliphatic carbocycles. The van der Waals surface area contributed by atoms with E-state index in [0.717, 1.165) is 55.7 Å². The molecule has 0 bridgehead atoms. The molecule has 0 spiro atoms. The largest absolute Gasteiger partial charge is 0.455 e. The maximum absolute atomic E-state index is 6.78.